The molecular formula is C30H29F3N4O6S. The van der Waals surface area contributed by atoms with Crippen molar-refractivity contribution in [2.75, 3.05) is 19.8 Å². The Bertz CT molecular complexity index is 1530. The fourth-order valence-corrected chi connectivity index (χ4v) is 6.38. The lowest BCUT2D eigenvalue weighted by Crippen LogP contribution is -2.53. The number of aromatic nitrogens is 3. The van der Waals surface area contributed by atoms with Gasteiger partial charge in [0, 0.05) is 16.9 Å². The molecule has 3 aromatic rings. The molecule has 1 fully saturated rings. The Morgan fingerprint density at radius 2 is 2.00 bits per heavy atom. The molecule has 1 unspecified atom stereocenters. The van der Waals surface area contributed by atoms with Crippen molar-refractivity contribution >= 4 is 24.0 Å². The highest BCUT2D eigenvalue weighted by Crippen LogP contribution is 2.43. The molecule has 0 aliphatic carbocycles. The molecule has 3 atom stereocenters. The summed E-state index contributed by atoms with van der Waals surface area (Å²) in [6, 6.07) is 9.02. The highest BCUT2D eigenvalue weighted by molar-refractivity contribution is 8.00. The summed E-state index contributed by atoms with van der Waals surface area (Å²) in [5.74, 6) is -2.27. The number of halogens is 3. The Balaban J connectivity index is 1.49. The topological polar surface area (TPSA) is 140 Å². The first kappa shape index (κ1) is 32.7. The maximum Gasteiger partial charge on any atom is 0.505 e. The summed E-state index contributed by atoms with van der Waals surface area (Å²) in [7, 11) is 0. The summed E-state index contributed by atoms with van der Waals surface area (Å²) in [4.78, 5) is 15.1. The molecule has 44 heavy (non-hydrogen) atoms. The number of rotatable bonds is 12. The van der Waals surface area contributed by atoms with Crippen molar-refractivity contribution in [1.29, 1.82) is 5.26 Å². The van der Waals surface area contributed by atoms with E-state index in [0.29, 0.717) is 11.6 Å². The Morgan fingerprint density at radius 1 is 1.23 bits per heavy atom. The van der Waals surface area contributed by atoms with Crippen molar-refractivity contribution in [3.8, 4) is 6.07 Å². The molecule has 0 bridgehead atoms. The fraction of sp³-hybridized carbons (Fsp3) is 0.333. The lowest BCUT2D eigenvalue weighted by Gasteiger charge is -2.44. The van der Waals surface area contributed by atoms with Gasteiger partial charge in [-0.15, -0.1) is 11.8 Å². The molecule has 4 rings (SSSR count). The normalized spacial score (nSPS) is 19.8. The molecule has 0 saturated carbocycles. The zero-order chi connectivity index (χ0) is 31.7. The van der Waals surface area contributed by atoms with Crippen molar-refractivity contribution in [3.05, 3.63) is 101 Å². The quantitative estimate of drug-likeness (QED) is 0.214. The first-order valence-electron chi connectivity index (χ1n) is 13.4. The molecule has 1 aliphatic rings. The van der Waals surface area contributed by atoms with Crippen LogP contribution in [-0.4, -0.2) is 73.8 Å². The van der Waals surface area contributed by atoms with Crippen LogP contribution in [0.5, 0.6) is 0 Å². The van der Waals surface area contributed by atoms with Gasteiger partial charge in [-0.2, -0.15) is 10.4 Å². The van der Waals surface area contributed by atoms with Gasteiger partial charge in [-0.05, 0) is 29.8 Å². The van der Waals surface area contributed by atoms with Crippen molar-refractivity contribution < 1.29 is 42.4 Å². The molecule has 1 aliphatic heterocycles. The van der Waals surface area contributed by atoms with Gasteiger partial charge in [0.1, 0.15) is 42.8 Å². The zero-order valence-corrected chi connectivity index (χ0v) is 24.2. The van der Waals surface area contributed by atoms with Crippen molar-refractivity contribution in [2.45, 2.75) is 41.8 Å². The molecule has 0 amide bonds. The van der Waals surface area contributed by atoms with Gasteiger partial charge in [0.15, 0.2) is 6.29 Å². The summed E-state index contributed by atoms with van der Waals surface area (Å²) in [5.41, 5.74) is -1.08. The number of thioether (sulfide) groups is 1. The number of nitrogens with zero attached hydrogens (tertiary/aromatic N) is 4. The average Bonchev–Trinajstić information content (AvgIpc) is 3.51. The number of aliphatic hydroxyl groups is 1. The molecular weight excluding hydrogens is 601 g/mol. The number of aliphatic hydroxyl groups excluding tert-OH is 1. The van der Waals surface area contributed by atoms with Gasteiger partial charge in [0.2, 0.25) is 0 Å². The highest BCUT2D eigenvalue weighted by Gasteiger charge is 2.49. The van der Waals surface area contributed by atoms with E-state index in [-0.39, 0.29) is 36.1 Å². The molecule has 2 heterocycles. The number of ether oxygens (including phenoxy) is 3. The van der Waals surface area contributed by atoms with E-state index in [1.807, 2.05) is 6.07 Å². The molecule has 2 aromatic carbocycles. The van der Waals surface area contributed by atoms with E-state index < -0.39 is 53.3 Å². The van der Waals surface area contributed by atoms with Gasteiger partial charge in [0.05, 0.1) is 42.1 Å². The van der Waals surface area contributed by atoms with E-state index in [0.717, 1.165) is 12.1 Å². The summed E-state index contributed by atoms with van der Waals surface area (Å²) in [5, 5.41) is 32.5. The lowest BCUT2D eigenvalue weighted by atomic mass is 9.72. The zero-order valence-electron chi connectivity index (χ0n) is 23.4. The van der Waals surface area contributed by atoms with E-state index >= 15 is 4.39 Å². The molecule has 0 spiro atoms. The number of nitriles is 1. The van der Waals surface area contributed by atoms with Crippen LogP contribution < -0.4 is 0 Å². The second-order valence-corrected chi connectivity index (χ2v) is 11.5. The molecule has 14 heteroatoms. The number of carbonyl (C=O) groups is 1. The monoisotopic (exact) mass is 630 g/mol. The molecule has 1 saturated heterocycles. The first-order chi connectivity index (χ1) is 21.1. The Hall–Kier alpha value is -4.16. The highest BCUT2D eigenvalue weighted by atomic mass is 32.2. The van der Waals surface area contributed by atoms with Crippen molar-refractivity contribution in [1.82, 2.24) is 14.8 Å². The summed E-state index contributed by atoms with van der Waals surface area (Å²) < 4.78 is 61.0. The third-order valence-corrected chi connectivity index (χ3v) is 8.57. The molecule has 0 radical (unpaired) electrons. The largest absolute Gasteiger partial charge is 0.505 e. The second-order valence-electron chi connectivity index (χ2n) is 9.88. The number of carboxylic acid groups (broad SMARTS) is 1. The van der Waals surface area contributed by atoms with Gasteiger partial charge < -0.3 is 24.4 Å². The minimum absolute atomic E-state index is 0.0557. The SMILES string of the molecule is C[C@@H](SC1COC(/C=C/C=C/c2ccc(C#N)cc2F)OC1)[C@@](Cn1cncn1)(c1ccc(F)cc1F)C(O)COC(=O)O. The fourth-order valence-electron chi connectivity index (χ4n) is 4.88. The molecule has 2 N–H and O–H groups in total. The van der Waals surface area contributed by atoms with Gasteiger partial charge in [-0.25, -0.2) is 22.9 Å². The van der Waals surface area contributed by atoms with Crippen LogP contribution in [0.4, 0.5) is 18.0 Å². The molecule has 10 nitrogen and oxygen atoms in total. The summed E-state index contributed by atoms with van der Waals surface area (Å²) >= 11 is 1.31. The van der Waals surface area contributed by atoms with E-state index in [1.165, 1.54) is 47.3 Å². The smallest absolute Gasteiger partial charge is 0.450 e. The van der Waals surface area contributed by atoms with E-state index in [4.69, 9.17) is 19.8 Å². The number of hydrogen-bond donors (Lipinski definition) is 2. The Labute approximate surface area is 255 Å². The van der Waals surface area contributed by atoms with Crippen molar-refractivity contribution in [2.24, 2.45) is 0 Å². The van der Waals surface area contributed by atoms with Crippen LogP contribution in [0.1, 0.15) is 23.6 Å². The van der Waals surface area contributed by atoms with Crippen LogP contribution in [0.3, 0.4) is 0 Å². The van der Waals surface area contributed by atoms with E-state index in [1.54, 1.807) is 31.2 Å². The Morgan fingerprint density at radius 3 is 2.64 bits per heavy atom. The van der Waals surface area contributed by atoms with Gasteiger partial charge in [0.25, 0.3) is 0 Å². The second kappa shape index (κ2) is 15.0. The average molecular weight is 631 g/mol. The molecule has 232 valence electrons. The van der Waals surface area contributed by atoms with Gasteiger partial charge in [-0.1, -0.05) is 37.3 Å². The lowest BCUT2D eigenvalue weighted by molar-refractivity contribution is -0.146. The van der Waals surface area contributed by atoms with Crippen LogP contribution in [-0.2, 0) is 26.2 Å². The summed E-state index contributed by atoms with van der Waals surface area (Å²) in [6.07, 6.45) is 5.16. The number of allylic oxidation sites excluding steroid dienone is 2. The minimum Gasteiger partial charge on any atom is -0.450 e. The van der Waals surface area contributed by atoms with Gasteiger partial charge in [-0.3, -0.25) is 4.68 Å². The maximum absolute atomic E-state index is 15.4. The van der Waals surface area contributed by atoms with Crippen LogP contribution in [0.15, 0.2) is 67.3 Å². The Kier molecular flexibility index (Phi) is 11.2. The van der Waals surface area contributed by atoms with Crippen LogP contribution >= 0.6 is 11.8 Å². The first-order valence-corrected chi connectivity index (χ1v) is 14.3. The minimum atomic E-state index is -1.62. The standard InChI is InChI=1S/C30H29F3N4O6S/c1-19(44-23-13-41-28(42-14-23)5-3-2-4-21-7-6-20(12-34)10-25(21)32)30(16-37-18-35-17-36-37,27(38)15-43-29(39)40)24-9-8-22(31)11-26(24)33/h2-11,17-19,23,27-28,38H,13-16H2,1H3,(H,39,40)/b4-2+,5-3+/t19-,23?,27?,28?,30+/m1/s1. The van der Waals surface area contributed by atoms with Crippen molar-refractivity contribution in [3.63, 3.8) is 0 Å². The van der Waals surface area contributed by atoms with Crippen LogP contribution in [0, 0.1) is 28.8 Å². The number of hydrogen-bond acceptors (Lipinski definition) is 9. The van der Waals surface area contributed by atoms with E-state index in [2.05, 4.69) is 14.8 Å². The van der Waals surface area contributed by atoms with E-state index in [9.17, 15) is 18.7 Å². The predicted octanol–water partition coefficient (Wildman–Crippen LogP) is 4.69. The molecule has 1 aromatic heterocycles. The van der Waals surface area contributed by atoms with Crippen LogP contribution in [0.2, 0.25) is 0 Å². The third kappa shape index (κ3) is 8.06. The predicted molar refractivity (Wildman–Crippen MR) is 154 cm³/mol. The number of benzene rings is 2. The maximum atomic E-state index is 15.4. The third-order valence-electron chi connectivity index (χ3n) is 7.08. The summed E-state index contributed by atoms with van der Waals surface area (Å²) in [6.45, 7) is 1.33. The van der Waals surface area contributed by atoms with Crippen LogP contribution in [0.25, 0.3) is 6.08 Å². The van der Waals surface area contributed by atoms with Gasteiger partial charge >= 0.3 is 6.16 Å².